The van der Waals surface area contributed by atoms with Crippen molar-refractivity contribution in [1.82, 2.24) is 5.32 Å². The van der Waals surface area contributed by atoms with Gasteiger partial charge in [0.15, 0.2) is 0 Å². The van der Waals surface area contributed by atoms with Crippen LogP contribution in [-0.2, 0) is 6.54 Å². The summed E-state index contributed by atoms with van der Waals surface area (Å²) in [7, 11) is 0. The molecule has 0 atom stereocenters. The van der Waals surface area contributed by atoms with Gasteiger partial charge in [-0.2, -0.15) is 0 Å². The Labute approximate surface area is 124 Å². The highest BCUT2D eigenvalue weighted by atomic mass is 79.9. The summed E-state index contributed by atoms with van der Waals surface area (Å²) in [5.41, 5.74) is 1.16. The number of benzene rings is 1. The Balaban J connectivity index is 2.50. The lowest BCUT2D eigenvalue weighted by Gasteiger charge is -2.25. The Morgan fingerprint density at radius 3 is 2.28 bits per heavy atom. The minimum absolute atomic E-state index is 0.706. The molecule has 102 valence electrons. The molecule has 1 aromatic rings. The maximum atomic E-state index is 6.20. The van der Waals surface area contributed by atoms with Crippen molar-refractivity contribution >= 4 is 27.5 Å². The average molecular weight is 333 g/mol. The van der Waals surface area contributed by atoms with Gasteiger partial charge < -0.3 is 5.32 Å². The van der Waals surface area contributed by atoms with E-state index >= 15 is 0 Å². The lowest BCUT2D eigenvalue weighted by atomic mass is 9.85. The molecule has 1 nitrogen and oxygen atoms in total. The molecule has 0 spiro atoms. The van der Waals surface area contributed by atoms with Crippen molar-refractivity contribution in [2.75, 3.05) is 6.54 Å². The molecule has 0 saturated carbocycles. The zero-order chi connectivity index (χ0) is 13.7. The first-order valence-corrected chi connectivity index (χ1v) is 7.73. The molecular formula is C15H23BrClN. The van der Waals surface area contributed by atoms with Crippen LogP contribution in [0, 0.1) is 17.8 Å². The molecule has 0 heterocycles. The number of nitrogens with one attached hydrogen (secondary N) is 1. The second-order valence-electron chi connectivity index (χ2n) is 5.52. The van der Waals surface area contributed by atoms with Gasteiger partial charge in [0.25, 0.3) is 0 Å². The normalized spacial score (nSPS) is 11.8. The van der Waals surface area contributed by atoms with Gasteiger partial charge in [-0.3, -0.25) is 0 Å². The molecule has 0 aromatic heterocycles. The molecule has 0 fully saturated rings. The van der Waals surface area contributed by atoms with Crippen molar-refractivity contribution in [3.63, 3.8) is 0 Å². The highest BCUT2D eigenvalue weighted by Crippen LogP contribution is 2.22. The zero-order valence-electron chi connectivity index (χ0n) is 11.6. The zero-order valence-corrected chi connectivity index (χ0v) is 14.0. The monoisotopic (exact) mass is 331 g/mol. The SMILES string of the molecule is CC(C)C(CNCc1ccc(Br)cc1Cl)C(C)C. The van der Waals surface area contributed by atoms with Gasteiger partial charge in [0.2, 0.25) is 0 Å². The van der Waals surface area contributed by atoms with Crippen molar-refractivity contribution < 1.29 is 0 Å². The van der Waals surface area contributed by atoms with Crippen molar-refractivity contribution in [1.29, 1.82) is 0 Å². The number of hydrogen-bond donors (Lipinski definition) is 1. The molecule has 0 bridgehead atoms. The van der Waals surface area contributed by atoms with Crippen LogP contribution in [0.1, 0.15) is 33.3 Å². The predicted molar refractivity (Wildman–Crippen MR) is 84.0 cm³/mol. The Bertz CT molecular complexity index is 369. The fourth-order valence-corrected chi connectivity index (χ4v) is 3.02. The molecular weight excluding hydrogens is 310 g/mol. The standard InChI is InChI=1S/C15H23BrClN/c1-10(2)14(11(3)4)9-18-8-12-5-6-13(16)7-15(12)17/h5-7,10-11,14,18H,8-9H2,1-4H3. The topological polar surface area (TPSA) is 12.0 Å². The van der Waals surface area contributed by atoms with E-state index < -0.39 is 0 Å². The number of halogens is 2. The minimum Gasteiger partial charge on any atom is -0.312 e. The van der Waals surface area contributed by atoms with Crippen molar-refractivity contribution in [3.8, 4) is 0 Å². The van der Waals surface area contributed by atoms with Crippen molar-refractivity contribution in [3.05, 3.63) is 33.3 Å². The third-order valence-corrected chi connectivity index (χ3v) is 4.27. The Kier molecular flexibility index (Phi) is 6.68. The summed E-state index contributed by atoms with van der Waals surface area (Å²) >= 11 is 9.62. The van der Waals surface area contributed by atoms with E-state index in [1.54, 1.807) is 0 Å². The van der Waals surface area contributed by atoms with Gasteiger partial charge in [0.05, 0.1) is 0 Å². The summed E-state index contributed by atoms with van der Waals surface area (Å²) in [6, 6.07) is 6.05. The molecule has 3 heteroatoms. The van der Waals surface area contributed by atoms with Gasteiger partial charge in [-0.1, -0.05) is 61.3 Å². The largest absolute Gasteiger partial charge is 0.312 e. The summed E-state index contributed by atoms with van der Waals surface area (Å²) < 4.78 is 1.03. The molecule has 1 rings (SSSR count). The van der Waals surface area contributed by atoms with Crippen molar-refractivity contribution in [2.45, 2.75) is 34.2 Å². The van der Waals surface area contributed by atoms with Gasteiger partial charge in [0, 0.05) is 16.0 Å². The molecule has 0 aliphatic heterocycles. The summed E-state index contributed by atoms with van der Waals surface area (Å²) in [4.78, 5) is 0. The summed E-state index contributed by atoms with van der Waals surface area (Å²) in [6.45, 7) is 11.0. The first-order chi connectivity index (χ1) is 8.41. The summed E-state index contributed by atoms with van der Waals surface area (Å²) in [6.07, 6.45) is 0. The second-order valence-corrected chi connectivity index (χ2v) is 6.84. The van der Waals surface area contributed by atoms with E-state index in [0.29, 0.717) is 17.8 Å². The van der Waals surface area contributed by atoms with E-state index in [1.165, 1.54) is 0 Å². The predicted octanol–water partition coefficient (Wildman–Crippen LogP) is 5.12. The summed E-state index contributed by atoms with van der Waals surface area (Å²) in [5, 5.41) is 4.35. The van der Waals surface area contributed by atoms with Crippen LogP contribution in [0.15, 0.2) is 22.7 Å². The molecule has 0 aliphatic rings. The van der Waals surface area contributed by atoms with E-state index in [0.717, 1.165) is 28.1 Å². The van der Waals surface area contributed by atoms with Gasteiger partial charge >= 0.3 is 0 Å². The van der Waals surface area contributed by atoms with Gasteiger partial charge in [-0.25, -0.2) is 0 Å². The third-order valence-electron chi connectivity index (χ3n) is 3.42. The summed E-state index contributed by atoms with van der Waals surface area (Å²) in [5.74, 6) is 2.12. The van der Waals surface area contributed by atoms with Crippen LogP contribution >= 0.6 is 27.5 Å². The third kappa shape index (κ3) is 4.91. The average Bonchev–Trinajstić information content (AvgIpc) is 2.25. The second kappa shape index (κ2) is 7.52. The van der Waals surface area contributed by atoms with E-state index in [-0.39, 0.29) is 0 Å². The number of hydrogen-bond acceptors (Lipinski definition) is 1. The molecule has 1 aromatic carbocycles. The van der Waals surface area contributed by atoms with Gasteiger partial charge in [-0.05, 0) is 42.0 Å². The Morgan fingerprint density at radius 1 is 1.17 bits per heavy atom. The van der Waals surface area contributed by atoms with Crippen LogP contribution in [0.4, 0.5) is 0 Å². The van der Waals surface area contributed by atoms with Crippen LogP contribution in [0.3, 0.4) is 0 Å². The Morgan fingerprint density at radius 2 is 1.78 bits per heavy atom. The molecule has 0 radical (unpaired) electrons. The number of rotatable bonds is 6. The molecule has 0 amide bonds. The first kappa shape index (κ1) is 16.0. The lowest BCUT2D eigenvalue weighted by Crippen LogP contribution is -2.29. The molecule has 0 unspecified atom stereocenters. The molecule has 0 aliphatic carbocycles. The van der Waals surface area contributed by atoms with E-state index in [1.807, 2.05) is 12.1 Å². The molecule has 0 saturated heterocycles. The van der Waals surface area contributed by atoms with E-state index in [2.05, 4.69) is 55.0 Å². The lowest BCUT2D eigenvalue weighted by molar-refractivity contribution is 0.275. The highest BCUT2D eigenvalue weighted by Gasteiger charge is 2.16. The van der Waals surface area contributed by atoms with Crippen LogP contribution in [0.5, 0.6) is 0 Å². The fourth-order valence-electron chi connectivity index (χ4n) is 2.28. The molecule has 1 N–H and O–H groups in total. The van der Waals surface area contributed by atoms with Crippen LogP contribution in [0.25, 0.3) is 0 Å². The highest BCUT2D eigenvalue weighted by molar-refractivity contribution is 9.10. The van der Waals surface area contributed by atoms with E-state index in [9.17, 15) is 0 Å². The maximum absolute atomic E-state index is 6.20. The van der Waals surface area contributed by atoms with Gasteiger partial charge in [-0.15, -0.1) is 0 Å². The van der Waals surface area contributed by atoms with Crippen LogP contribution in [-0.4, -0.2) is 6.54 Å². The molecule has 18 heavy (non-hydrogen) atoms. The Hall–Kier alpha value is -0.0500. The fraction of sp³-hybridized carbons (Fsp3) is 0.600. The first-order valence-electron chi connectivity index (χ1n) is 6.56. The van der Waals surface area contributed by atoms with Crippen LogP contribution < -0.4 is 5.32 Å². The van der Waals surface area contributed by atoms with E-state index in [4.69, 9.17) is 11.6 Å². The minimum atomic E-state index is 0.706. The van der Waals surface area contributed by atoms with Crippen molar-refractivity contribution in [2.24, 2.45) is 17.8 Å². The van der Waals surface area contributed by atoms with Crippen LogP contribution in [0.2, 0.25) is 5.02 Å². The smallest absolute Gasteiger partial charge is 0.0462 e. The quantitative estimate of drug-likeness (QED) is 0.762. The maximum Gasteiger partial charge on any atom is 0.0462 e. The van der Waals surface area contributed by atoms with Gasteiger partial charge in [0.1, 0.15) is 0 Å².